The third-order valence-corrected chi connectivity index (χ3v) is 3.56. The first kappa shape index (κ1) is 15.8. The van der Waals surface area contributed by atoms with E-state index in [1.54, 1.807) is 19.2 Å². The summed E-state index contributed by atoms with van der Waals surface area (Å²) in [6, 6.07) is 16.7. The number of aryl methyl sites for hydroxylation is 1. The zero-order valence-corrected chi connectivity index (χ0v) is 13.6. The molecule has 0 aliphatic rings. The summed E-state index contributed by atoms with van der Waals surface area (Å²) in [5.41, 5.74) is 2.51. The van der Waals surface area contributed by atoms with Gasteiger partial charge in [-0.15, -0.1) is 0 Å². The largest absolute Gasteiger partial charge is 0.497 e. The molecule has 3 aromatic rings. The van der Waals surface area contributed by atoms with Gasteiger partial charge in [0.1, 0.15) is 11.5 Å². The quantitative estimate of drug-likeness (QED) is 0.780. The second kappa shape index (κ2) is 7.00. The Balaban J connectivity index is 1.69. The van der Waals surface area contributed by atoms with Gasteiger partial charge in [0, 0.05) is 17.1 Å². The number of anilines is 1. The predicted octanol–water partition coefficient (Wildman–Crippen LogP) is 3.57. The minimum atomic E-state index is -0.231. The van der Waals surface area contributed by atoms with E-state index in [1.165, 1.54) is 0 Å². The fraction of sp³-hybridized carbons (Fsp3) is 0.158. The van der Waals surface area contributed by atoms with E-state index in [9.17, 15) is 4.79 Å². The first-order valence-electron chi connectivity index (χ1n) is 7.59. The monoisotopic (exact) mass is 322 g/mol. The fourth-order valence-corrected chi connectivity index (χ4v) is 2.39. The number of fused-ring (bicyclic) bond motifs is 1. The van der Waals surface area contributed by atoms with Gasteiger partial charge in [-0.05, 0) is 43.3 Å². The van der Waals surface area contributed by atoms with Gasteiger partial charge in [-0.2, -0.15) is 0 Å². The van der Waals surface area contributed by atoms with Gasteiger partial charge >= 0.3 is 0 Å². The van der Waals surface area contributed by atoms with Gasteiger partial charge in [-0.3, -0.25) is 9.78 Å². The molecule has 0 aliphatic carbocycles. The SMILES string of the molecule is COc1cccc(OCC(=O)Nc2cccc3nc(C)ccc23)c1. The third-order valence-electron chi connectivity index (χ3n) is 3.56. The number of nitrogens with one attached hydrogen (secondary N) is 1. The molecule has 0 spiro atoms. The van der Waals surface area contributed by atoms with Crippen molar-refractivity contribution in [3.8, 4) is 11.5 Å². The van der Waals surface area contributed by atoms with E-state index >= 15 is 0 Å². The predicted molar refractivity (Wildman–Crippen MR) is 93.6 cm³/mol. The van der Waals surface area contributed by atoms with Crippen molar-refractivity contribution in [2.75, 3.05) is 19.0 Å². The lowest BCUT2D eigenvalue weighted by molar-refractivity contribution is -0.118. The average Bonchev–Trinajstić information content (AvgIpc) is 2.60. The van der Waals surface area contributed by atoms with Crippen molar-refractivity contribution in [2.24, 2.45) is 0 Å². The van der Waals surface area contributed by atoms with E-state index in [-0.39, 0.29) is 12.5 Å². The molecule has 1 aromatic heterocycles. The van der Waals surface area contributed by atoms with Crippen LogP contribution in [-0.2, 0) is 4.79 Å². The lowest BCUT2D eigenvalue weighted by Crippen LogP contribution is -2.20. The highest BCUT2D eigenvalue weighted by Gasteiger charge is 2.08. The maximum Gasteiger partial charge on any atom is 0.262 e. The van der Waals surface area contributed by atoms with Crippen LogP contribution < -0.4 is 14.8 Å². The van der Waals surface area contributed by atoms with Crippen LogP contribution in [0.5, 0.6) is 11.5 Å². The van der Waals surface area contributed by atoms with Crippen molar-refractivity contribution in [3.63, 3.8) is 0 Å². The molecule has 0 atom stereocenters. The maximum atomic E-state index is 12.2. The summed E-state index contributed by atoms with van der Waals surface area (Å²) in [6.07, 6.45) is 0. The van der Waals surface area contributed by atoms with Crippen LogP contribution in [0.3, 0.4) is 0 Å². The molecule has 0 saturated carbocycles. The number of methoxy groups -OCH3 is 1. The molecular formula is C19H18N2O3. The Hall–Kier alpha value is -3.08. The Bertz CT molecular complexity index is 877. The number of rotatable bonds is 5. The number of carbonyl (C=O) groups excluding carboxylic acids is 1. The summed E-state index contributed by atoms with van der Waals surface area (Å²) in [5, 5.41) is 3.77. The first-order chi connectivity index (χ1) is 11.7. The molecule has 3 rings (SSSR count). The van der Waals surface area contributed by atoms with Crippen LogP contribution in [0.1, 0.15) is 5.69 Å². The number of nitrogens with zero attached hydrogens (tertiary/aromatic N) is 1. The van der Waals surface area contributed by atoms with Crippen molar-refractivity contribution in [2.45, 2.75) is 6.92 Å². The van der Waals surface area contributed by atoms with Crippen molar-refractivity contribution >= 4 is 22.5 Å². The Morgan fingerprint density at radius 1 is 1.08 bits per heavy atom. The number of ether oxygens (including phenoxy) is 2. The Labute approximate surface area is 140 Å². The lowest BCUT2D eigenvalue weighted by atomic mass is 10.1. The maximum absolute atomic E-state index is 12.2. The van der Waals surface area contributed by atoms with Crippen molar-refractivity contribution in [1.29, 1.82) is 0 Å². The van der Waals surface area contributed by atoms with Gasteiger partial charge in [0.2, 0.25) is 0 Å². The van der Waals surface area contributed by atoms with Gasteiger partial charge in [-0.25, -0.2) is 0 Å². The molecule has 5 heteroatoms. The van der Waals surface area contributed by atoms with E-state index in [0.717, 1.165) is 22.3 Å². The average molecular weight is 322 g/mol. The number of amides is 1. The third kappa shape index (κ3) is 3.63. The van der Waals surface area contributed by atoms with Crippen LogP contribution in [0.2, 0.25) is 0 Å². The standard InChI is InChI=1S/C19H18N2O3/c1-13-9-10-16-17(20-13)7-4-8-18(16)21-19(22)12-24-15-6-3-5-14(11-15)23-2/h3-11H,12H2,1-2H3,(H,21,22). The number of benzene rings is 2. The number of aromatic nitrogens is 1. The molecule has 1 heterocycles. The van der Waals surface area contributed by atoms with Crippen molar-refractivity contribution in [3.05, 3.63) is 60.3 Å². The summed E-state index contributed by atoms with van der Waals surface area (Å²) in [7, 11) is 1.59. The number of pyridine rings is 1. The van der Waals surface area contributed by atoms with E-state index < -0.39 is 0 Å². The zero-order valence-electron chi connectivity index (χ0n) is 13.6. The molecule has 1 amide bonds. The van der Waals surface area contributed by atoms with Crippen LogP contribution in [0.25, 0.3) is 10.9 Å². The zero-order chi connectivity index (χ0) is 16.9. The van der Waals surface area contributed by atoms with Gasteiger partial charge < -0.3 is 14.8 Å². The molecule has 0 radical (unpaired) electrons. The minimum Gasteiger partial charge on any atom is -0.497 e. The molecule has 5 nitrogen and oxygen atoms in total. The Morgan fingerprint density at radius 2 is 1.88 bits per heavy atom. The summed E-state index contributed by atoms with van der Waals surface area (Å²) >= 11 is 0. The van der Waals surface area contributed by atoms with Crippen LogP contribution in [0, 0.1) is 6.92 Å². The van der Waals surface area contributed by atoms with Crippen LogP contribution >= 0.6 is 0 Å². The van der Waals surface area contributed by atoms with Crippen LogP contribution in [0.4, 0.5) is 5.69 Å². The van der Waals surface area contributed by atoms with Gasteiger partial charge in [0.25, 0.3) is 5.91 Å². The van der Waals surface area contributed by atoms with Crippen LogP contribution in [-0.4, -0.2) is 24.6 Å². The Kier molecular flexibility index (Phi) is 4.61. The van der Waals surface area contributed by atoms with E-state index in [1.807, 2.05) is 49.4 Å². The van der Waals surface area contributed by atoms with E-state index in [0.29, 0.717) is 11.5 Å². The second-order valence-corrected chi connectivity index (χ2v) is 5.34. The summed E-state index contributed by atoms with van der Waals surface area (Å²) < 4.78 is 10.6. The number of hydrogen-bond donors (Lipinski definition) is 1. The molecule has 0 bridgehead atoms. The smallest absolute Gasteiger partial charge is 0.262 e. The lowest BCUT2D eigenvalue weighted by Gasteiger charge is -2.10. The highest BCUT2D eigenvalue weighted by atomic mass is 16.5. The van der Waals surface area contributed by atoms with Gasteiger partial charge in [-0.1, -0.05) is 12.1 Å². The minimum absolute atomic E-state index is 0.0805. The van der Waals surface area contributed by atoms with Gasteiger partial charge in [0.05, 0.1) is 18.3 Å². The Morgan fingerprint density at radius 3 is 2.71 bits per heavy atom. The molecule has 0 saturated heterocycles. The molecule has 0 unspecified atom stereocenters. The summed E-state index contributed by atoms with van der Waals surface area (Å²) in [6.45, 7) is 1.86. The van der Waals surface area contributed by atoms with E-state index in [4.69, 9.17) is 9.47 Å². The van der Waals surface area contributed by atoms with E-state index in [2.05, 4.69) is 10.3 Å². The highest BCUT2D eigenvalue weighted by molar-refractivity contribution is 6.01. The fourth-order valence-electron chi connectivity index (χ4n) is 2.39. The topological polar surface area (TPSA) is 60.5 Å². The molecule has 0 aliphatic heterocycles. The van der Waals surface area contributed by atoms with Crippen LogP contribution in [0.15, 0.2) is 54.6 Å². The summed E-state index contributed by atoms with van der Waals surface area (Å²) in [4.78, 5) is 16.6. The molecule has 24 heavy (non-hydrogen) atoms. The highest BCUT2D eigenvalue weighted by Crippen LogP contribution is 2.22. The normalized spacial score (nSPS) is 10.4. The molecule has 1 N–H and O–H groups in total. The number of hydrogen-bond acceptors (Lipinski definition) is 4. The first-order valence-corrected chi connectivity index (χ1v) is 7.59. The molecule has 2 aromatic carbocycles. The number of carbonyl (C=O) groups is 1. The molecular weight excluding hydrogens is 304 g/mol. The van der Waals surface area contributed by atoms with Crippen molar-refractivity contribution < 1.29 is 14.3 Å². The second-order valence-electron chi connectivity index (χ2n) is 5.34. The summed E-state index contributed by atoms with van der Waals surface area (Å²) in [5.74, 6) is 1.04. The van der Waals surface area contributed by atoms with Crippen molar-refractivity contribution in [1.82, 2.24) is 4.98 Å². The van der Waals surface area contributed by atoms with Gasteiger partial charge in [0.15, 0.2) is 6.61 Å². The molecule has 0 fully saturated rings. The molecule has 122 valence electrons.